The first-order valence-electron chi connectivity index (χ1n) is 9.20. The number of nitrogens with one attached hydrogen (secondary N) is 1. The number of amides is 2. The van der Waals surface area contributed by atoms with Gasteiger partial charge in [-0.1, -0.05) is 12.1 Å². The van der Waals surface area contributed by atoms with Crippen molar-refractivity contribution in [3.63, 3.8) is 0 Å². The number of ether oxygens (including phenoxy) is 1. The van der Waals surface area contributed by atoms with Crippen LogP contribution in [0.4, 0.5) is 10.5 Å². The second-order valence-electron chi connectivity index (χ2n) is 6.90. The standard InChI is InChI=1S/C21H23N3O2S/c1-14-13-16(7-8-18(14)26-2)22-21(25)24-11-9-15(10-12-24)20-23-17-5-3-4-6-19(17)27-20/h3-8,13,15H,9-12H2,1-2H3,(H,22,25). The number of para-hydroxylation sites is 1. The highest BCUT2D eigenvalue weighted by molar-refractivity contribution is 7.18. The molecule has 0 unspecified atom stereocenters. The predicted octanol–water partition coefficient (Wildman–Crippen LogP) is 5.02. The van der Waals surface area contributed by atoms with Crippen LogP contribution in [0.2, 0.25) is 0 Å². The summed E-state index contributed by atoms with van der Waals surface area (Å²) in [5.41, 5.74) is 2.88. The number of piperidine rings is 1. The average molecular weight is 382 g/mol. The summed E-state index contributed by atoms with van der Waals surface area (Å²) >= 11 is 1.78. The first-order valence-corrected chi connectivity index (χ1v) is 10.0. The topological polar surface area (TPSA) is 54.5 Å². The maximum absolute atomic E-state index is 12.6. The van der Waals surface area contributed by atoms with Crippen molar-refractivity contribution < 1.29 is 9.53 Å². The number of aryl methyl sites for hydroxylation is 1. The van der Waals surface area contributed by atoms with Crippen LogP contribution in [0.3, 0.4) is 0 Å². The summed E-state index contributed by atoms with van der Waals surface area (Å²) in [7, 11) is 1.65. The number of aromatic nitrogens is 1. The zero-order chi connectivity index (χ0) is 18.8. The average Bonchev–Trinajstić information content (AvgIpc) is 3.12. The molecule has 5 nitrogen and oxygen atoms in total. The largest absolute Gasteiger partial charge is 0.496 e. The van der Waals surface area contributed by atoms with Gasteiger partial charge >= 0.3 is 6.03 Å². The van der Waals surface area contributed by atoms with E-state index in [0.717, 1.165) is 48.4 Å². The van der Waals surface area contributed by atoms with E-state index in [0.29, 0.717) is 5.92 Å². The number of rotatable bonds is 3. The molecule has 0 atom stereocenters. The highest BCUT2D eigenvalue weighted by atomic mass is 32.1. The number of likely N-dealkylation sites (tertiary alicyclic amines) is 1. The lowest BCUT2D eigenvalue weighted by Gasteiger charge is -2.31. The fourth-order valence-electron chi connectivity index (χ4n) is 3.55. The third kappa shape index (κ3) is 3.76. The summed E-state index contributed by atoms with van der Waals surface area (Å²) in [6.45, 7) is 3.47. The molecule has 1 aromatic heterocycles. The van der Waals surface area contributed by atoms with Crippen molar-refractivity contribution in [2.75, 3.05) is 25.5 Å². The van der Waals surface area contributed by atoms with E-state index in [9.17, 15) is 4.79 Å². The molecule has 2 aromatic carbocycles. The normalized spacial score (nSPS) is 15.1. The van der Waals surface area contributed by atoms with Crippen LogP contribution in [0.1, 0.15) is 29.3 Å². The van der Waals surface area contributed by atoms with Crippen LogP contribution in [0.15, 0.2) is 42.5 Å². The fraction of sp³-hybridized carbons (Fsp3) is 0.333. The number of carbonyl (C=O) groups is 1. The van der Waals surface area contributed by atoms with Gasteiger partial charge in [-0.2, -0.15) is 0 Å². The number of anilines is 1. The Labute approximate surface area is 163 Å². The first kappa shape index (κ1) is 17.8. The Kier molecular flexibility index (Phi) is 4.99. The van der Waals surface area contributed by atoms with Gasteiger partial charge in [0.25, 0.3) is 0 Å². The molecule has 1 N–H and O–H groups in total. The van der Waals surface area contributed by atoms with E-state index in [1.807, 2.05) is 36.1 Å². The third-order valence-electron chi connectivity index (χ3n) is 5.09. The van der Waals surface area contributed by atoms with Gasteiger partial charge in [0.15, 0.2) is 0 Å². The zero-order valence-corrected chi connectivity index (χ0v) is 16.4. The fourth-order valence-corrected chi connectivity index (χ4v) is 4.69. The number of thiazole rings is 1. The number of benzene rings is 2. The van der Waals surface area contributed by atoms with Crippen molar-refractivity contribution in [1.29, 1.82) is 0 Å². The third-order valence-corrected chi connectivity index (χ3v) is 6.29. The van der Waals surface area contributed by atoms with Gasteiger partial charge in [0, 0.05) is 24.7 Å². The van der Waals surface area contributed by atoms with Gasteiger partial charge in [0.05, 0.1) is 22.3 Å². The Morgan fingerprint density at radius 2 is 2.00 bits per heavy atom. The Balaban J connectivity index is 1.37. The molecule has 4 rings (SSSR count). The molecule has 1 fully saturated rings. The summed E-state index contributed by atoms with van der Waals surface area (Å²) in [5.74, 6) is 1.26. The summed E-state index contributed by atoms with van der Waals surface area (Å²) in [4.78, 5) is 19.3. The minimum atomic E-state index is -0.0395. The molecule has 0 saturated carbocycles. The summed E-state index contributed by atoms with van der Waals surface area (Å²) < 4.78 is 6.51. The number of methoxy groups -OCH3 is 1. The van der Waals surface area contributed by atoms with E-state index in [-0.39, 0.29) is 6.03 Å². The van der Waals surface area contributed by atoms with Gasteiger partial charge in [-0.15, -0.1) is 11.3 Å². The van der Waals surface area contributed by atoms with Crippen LogP contribution in [0.5, 0.6) is 5.75 Å². The Bertz CT molecular complexity index is 928. The molecule has 2 amide bonds. The second kappa shape index (κ2) is 7.56. The maximum Gasteiger partial charge on any atom is 0.321 e. The molecule has 0 bridgehead atoms. The summed E-state index contributed by atoms with van der Waals surface area (Å²) in [6.07, 6.45) is 1.91. The van der Waals surface area contributed by atoms with Gasteiger partial charge in [-0.25, -0.2) is 9.78 Å². The van der Waals surface area contributed by atoms with Crippen LogP contribution in [0.25, 0.3) is 10.2 Å². The lowest BCUT2D eigenvalue weighted by molar-refractivity contribution is 0.194. The Hall–Kier alpha value is -2.60. The van der Waals surface area contributed by atoms with E-state index in [1.54, 1.807) is 18.4 Å². The predicted molar refractivity (Wildman–Crippen MR) is 110 cm³/mol. The molecule has 6 heteroatoms. The monoisotopic (exact) mass is 381 g/mol. The number of fused-ring (bicyclic) bond motifs is 1. The highest BCUT2D eigenvalue weighted by Crippen LogP contribution is 2.34. The van der Waals surface area contributed by atoms with E-state index < -0.39 is 0 Å². The Morgan fingerprint density at radius 3 is 2.70 bits per heavy atom. The molecule has 1 saturated heterocycles. The van der Waals surface area contributed by atoms with Crippen LogP contribution in [-0.4, -0.2) is 36.1 Å². The van der Waals surface area contributed by atoms with E-state index >= 15 is 0 Å². The van der Waals surface area contributed by atoms with Gasteiger partial charge in [0.2, 0.25) is 0 Å². The smallest absolute Gasteiger partial charge is 0.321 e. The van der Waals surface area contributed by atoms with Crippen molar-refractivity contribution >= 4 is 33.3 Å². The number of hydrogen-bond donors (Lipinski definition) is 1. The minimum absolute atomic E-state index is 0.0395. The number of carbonyl (C=O) groups excluding carboxylic acids is 1. The van der Waals surface area contributed by atoms with Gasteiger partial charge in [-0.3, -0.25) is 0 Å². The van der Waals surface area contributed by atoms with Crippen molar-refractivity contribution in [3.05, 3.63) is 53.0 Å². The van der Waals surface area contributed by atoms with Crippen molar-refractivity contribution in [2.45, 2.75) is 25.7 Å². The molecule has 3 aromatic rings. The number of urea groups is 1. The summed E-state index contributed by atoms with van der Waals surface area (Å²) in [5, 5.41) is 4.19. The molecule has 2 heterocycles. The summed E-state index contributed by atoms with van der Waals surface area (Å²) in [6, 6.07) is 13.9. The number of nitrogens with zero attached hydrogens (tertiary/aromatic N) is 2. The maximum atomic E-state index is 12.6. The quantitative estimate of drug-likeness (QED) is 0.693. The second-order valence-corrected chi connectivity index (χ2v) is 7.96. The molecule has 0 aliphatic carbocycles. The van der Waals surface area contributed by atoms with Gasteiger partial charge < -0.3 is 15.0 Å². The molecule has 1 aliphatic rings. The van der Waals surface area contributed by atoms with Crippen LogP contribution < -0.4 is 10.1 Å². The zero-order valence-electron chi connectivity index (χ0n) is 15.6. The van der Waals surface area contributed by atoms with Crippen molar-refractivity contribution in [3.8, 4) is 5.75 Å². The van der Waals surface area contributed by atoms with Crippen molar-refractivity contribution in [2.24, 2.45) is 0 Å². The highest BCUT2D eigenvalue weighted by Gasteiger charge is 2.26. The van der Waals surface area contributed by atoms with Crippen LogP contribution in [-0.2, 0) is 0 Å². The lowest BCUT2D eigenvalue weighted by atomic mass is 9.98. The molecule has 1 aliphatic heterocycles. The van der Waals surface area contributed by atoms with Crippen LogP contribution in [0, 0.1) is 6.92 Å². The van der Waals surface area contributed by atoms with Crippen molar-refractivity contribution in [1.82, 2.24) is 9.88 Å². The van der Waals surface area contributed by atoms with Gasteiger partial charge in [0.1, 0.15) is 5.75 Å². The number of hydrogen-bond acceptors (Lipinski definition) is 4. The molecular weight excluding hydrogens is 358 g/mol. The van der Waals surface area contributed by atoms with E-state index in [2.05, 4.69) is 23.5 Å². The van der Waals surface area contributed by atoms with E-state index in [4.69, 9.17) is 9.72 Å². The van der Waals surface area contributed by atoms with E-state index in [1.165, 1.54) is 9.71 Å². The molecule has 0 spiro atoms. The molecule has 140 valence electrons. The Morgan fingerprint density at radius 1 is 1.22 bits per heavy atom. The first-order chi connectivity index (χ1) is 13.1. The lowest BCUT2D eigenvalue weighted by Crippen LogP contribution is -2.40. The minimum Gasteiger partial charge on any atom is -0.496 e. The SMILES string of the molecule is COc1ccc(NC(=O)N2CCC(c3nc4ccccc4s3)CC2)cc1C. The molecule has 0 radical (unpaired) electrons. The van der Waals surface area contributed by atoms with Gasteiger partial charge in [-0.05, 0) is 55.7 Å². The molecular formula is C21H23N3O2S. The molecule has 27 heavy (non-hydrogen) atoms. The van der Waals surface area contributed by atoms with Crippen LogP contribution >= 0.6 is 11.3 Å².